The molecule has 48 heavy (non-hydrogen) atoms. The summed E-state index contributed by atoms with van der Waals surface area (Å²) < 4.78 is 0. The van der Waals surface area contributed by atoms with Gasteiger partial charge in [-0.2, -0.15) is 0 Å². The van der Waals surface area contributed by atoms with E-state index in [1.165, 1.54) is 49.4 Å². The molecule has 0 radical (unpaired) electrons. The highest BCUT2D eigenvalue weighted by Crippen LogP contribution is 2.49. The molecule has 0 bridgehead atoms. The van der Waals surface area contributed by atoms with Gasteiger partial charge in [-0.15, -0.1) is 0 Å². The van der Waals surface area contributed by atoms with Gasteiger partial charge in [0.15, 0.2) is 0 Å². The van der Waals surface area contributed by atoms with Gasteiger partial charge in [-0.25, -0.2) is 0 Å². The number of hydrogen-bond acceptors (Lipinski definition) is 1. The first-order chi connectivity index (χ1) is 23.8. The van der Waals surface area contributed by atoms with Crippen molar-refractivity contribution in [2.24, 2.45) is 0 Å². The molecular formula is C46H32N2. The number of nitrogens with one attached hydrogen (secondary N) is 1. The van der Waals surface area contributed by atoms with Gasteiger partial charge < -0.3 is 9.88 Å². The summed E-state index contributed by atoms with van der Waals surface area (Å²) in [6, 6.07) is 67.6. The lowest BCUT2D eigenvalue weighted by Crippen LogP contribution is -2.13. The lowest BCUT2D eigenvalue weighted by atomic mass is 9.90. The summed E-state index contributed by atoms with van der Waals surface area (Å²) in [5, 5.41) is 4.85. The molecule has 2 nitrogen and oxygen atoms in total. The Balaban J connectivity index is 1.40. The molecule has 0 aliphatic carbocycles. The number of H-pyrrole nitrogens is 1. The Morgan fingerprint density at radius 3 is 1.65 bits per heavy atom. The molecule has 9 aromatic rings. The van der Waals surface area contributed by atoms with Crippen molar-refractivity contribution in [1.29, 1.82) is 0 Å². The molecule has 0 unspecified atom stereocenters. The minimum Gasteiger partial charge on any atom is -0.354 e. The number of nitrogens with zero attached hydrogens (tertiary/aromatic N) is 1. The summed E-state index contributed by atoms with van der Waals surface area (Å²) in [4.78, 5) is 6.32. The molecule has 0 aliphatic heterocycles. The normalized spacial score (nSPS) is 11.3. The zero-order valence-corrected chi connectivity index (χ0v) is 26.3. The van der Waals surface area contributed by atoms with Crippen LogP contribution >= 0.6 is 0 Å². The molecule has 9 rings (SSSR count). The molecule has 2 heteroatoms. The van der Waals surface area contributed by atoms with Crippen molar-refractivity contribution in [1.82, 2.24) is 4.98 Å². The van der Waals surface area contributed by atoms with Crippen LogP contribution in [0.15, 0.2) is 188 Å². The third-order valence-electron chi connectivity index (χ3n) is 9.42. The average molecular weight is 613 g/mol. The van der Waals surface area contributed by atoms with Gasteiger partial charge >= 0.3 is 0 Å². The van der Waals surface area contributed by atoms with Crippen molar-refractivity contribution >= 4 is 49.6 Å². The van der Waals surface area contributed by atoms with Crippen LogP contribution in [-0.2, 0) is 0 Å². The van der Waals surface area contributed by atoms with E-state index < -0.39 is 0 Å². The van der Waals surface area contributed by atoms with E-state index in [1.807, 2.05) is 0 Å². The third kappa shape index (κ3) is 4.66. The van der Waals surface area contributed by atoms with Crippen molar-refractivity contribution in [3.05, 3.63) is 188 Å². The maximum atomic E-state index is 3.85. The van der Waals surface area contributed by atoms with E-state index in [9.17, 15) is 0 Å². The van der Waals surface area contributed by atoms with Crippen LogP contribution in [0.25, 0.3) is 66.0 Å². The molecule has 1 heterocycles. The SMILES string of the molecule is c1ccc(-c2ccccc2N(c2ccccc2-c2c(-c3ccccc3)ccc3c2[nH]c2ccccc23)c2cccc3ccccc23)cc1. The van der Waals surface area contributed by atoms with E-state index in [1.54, 1.807) is 0 Å². The zero-order chi connectivity index (χ0) is 31.9. The van der Waals surface area contributed by atoms with Crippen molar-refractivity contribution in [3.8, 4) is 33.4 Å². The van der Waals surface area contributed by atoms with Gasteiger partial charge in [-0.3, -0.25) is 0 Å². The molecule has 226 valence electrons. The lowest BCUT2D eigenvalue weighted by Gasteiger charge is -2.31. The number of para-hydroxylation sites is 3. The van der Waals surface area contributed by atoms with Gasteiger partial charge in [-0.1, -0.05) is 164 Å². The Bertz CT molecular complexity index is 2560. The fourth-order valence-electron chi connectivity index (χ4n) is 7.26. The van der Waals surface area contributed by atoms with E-state index in [0.29, 0.717) is 0 Å². The molecule has 8 aromatic carbocycles. The van der Waals surface area contributed by atoms with Crippen LogP contribution in [0.2, 0.25) is 0 Å². The van der Waals surface area contributed by atoms with Crippen LogP contribution in [-0.4, -0.2) is 4.98 Å². The maximum Gasteiger partial charge on any atom is 0.0551 e. The Morgan fingerprint density at radius 1 is 0.333 bits per heavy atom. The highest BCUT2D eigenvalue weighted by atomic mass is 15.1. The van der Waals surface area contributed by atoms with Gasteiger partial charge in [0, 0.05) is 38.4 Å². The maximum absolute atomic E-state index is 3.85. The first-order valence-electron chi connectivity index (χ1n) is 16.5. The first kappa shape index (κ1) is 27.9. The van der Waals surface area contributed by atoms with Crippen LogP contribution in [0.4, 0.5) is 17.1 Å². The van der Waals surface area contributed by atoms with E-state index in [2.05, 4.69) is 198 Å². The van der Waals surface area contributed by atoms with Crippen molar-refractivity contribution < 1.29 is 0 Å². The fraction of sp³-hybridized carbons (Fsp3) is 0. The second kappa shape index (κ2) is 11.8. The van der Waals surface area contributed by atoms with Crippen molar-refractivity contribution in [2.75, 3.05) is 4.90 Å². The zero-order valence-electron chi connectivity index (χ0n) is 26.3. The molecule has 0 saturated heterocycles. The van der Waals surface area contributed by atoms with Gasteiger partial charge in [0.05, 0.1) is 22.6 Å². The minimum absolute atomic E-state index is 1.11. The molecular weight excluding hydrogens is 581 g/mol. The quantitative estimate of drug-likeness (QED) is 0.198. The average Bonchev–Trinajstić information content (AvgIpc) is 3.55. The topological polar surface area (TPSA) is 19.0 Å². The van der Waals surface area contributed by atoms with Crippen LogP contribution in [0.3, 0.4) is 0 Å². The Hall–Kier alpha value is -6.38. The molecule has 0 spiro atoms. The molecule has 0 atom stereocenters. The number of hydrogen-bond donors (Lipinski definition) is 1. The summed E-state index contributed by atoms with van der Waals surface area (Å²) in [6.45, 7) is 0. The second-order valence-electron chi connectivity index (χ2n) is 12.2. The summed E-state index contributed by atoms with van der Waals surface area (Å²) in [6.07, 6.45) is 0. The summed E-state index contributed by atoms with van der Waals surface area (Å²) in [7, 11) is 0. The van der Waals surface area contributed by atoms with Crippen molar-refractivity contribution in [2.45, 2.75) is 0 Å². The third-order valence-corrected chi connectivity index (χ3v) is 9.42. The number of anilines is 3. The summed E-state index contributed by atoms with van der Waals surface area (Å²) in [5.74, 6) is 0. The fourth-order valence-corrected chi connectivity index (χ4v) is 7.26. The van der Waals surface area contributed by atoms with Crippen LogP contribution in [0.1, 0.15) is 0 Å². The van der Waals surface area contributed by atoms with E-state index >= 15 is 0 Å². The molecule has 0 aliphatic rings. The largest absolute Gasteiger partial charge is 0.354 e. The highest BCUT2D eigenvalue weighted by molar-refractivity contribution is 6.16. The van der Waals surface area contributed by atoms with E-state index in [-0.39, 0.29) is 0 Å². The molecule has 1 aromatic heterocycles. The van der Waals surface area contributed by atoms with Gasteiger partial charge in [0.25, 0.3) is 0 Å². The molecule has 0 saturated carbocycles. The monoisotopic (exact) mass is 612 g/mol. The Morgan fingerprint density at radius 2 is 0.875 bits per heavy atom. The van der Waals surface area contributed by atoms with Gasteiger partial charge in [0.2, 0.25) is 0 Å². The first-order valence-corrected chi connectivity index (χ1v) is 16.5. The Labute approximate surface area is 280 Å². The van der Waals surface area contributed by atoms with E-state index in [0.717, 1.165) is 33.7 Å². The van der Waals surface area contributed by atoms with E-state index in [4.69, 9.17) is 0 Å². The van der Waals surface area contributed by atoms with Crippen molar-refractivity contribution in [3.63, 3.8) is 0 Å². The smallest absolute Gasteiger partial charge is 0.0551 e. The number of aromatic amines is 1. The van der Waals surface area contributed by atoms with Crippen LogP contribution in [0.5, 0.6) is 0 Å². The minimum atomic E-state index is 1.11. The molecule has 0 fully saturated rings. The molecule has 0 amide bonds. The standard InChI is InChI=1S/C46H32N2/c1-3-16-32(17-4-1)35-23-10-13-27-42(35)48(43-29-15-21-33-20-7-8-22-36(33)43)44-28-14-11-25-40(44)45-37(34-18-5-2-6-19-34)30-31-39-38-24-9-12-26-41(38)47-46(39)45/h1-31,47H. The number of benzene rings is 8. The van der Waals surface area contributed by atoms with Crippen LogP contribution < -0.4 is 4.90 Å². The summed E-state index contributed by atoms with van der Waals surface area (Å²) >= 11 is 0. The number of fused-ring (bicyclic) bond motifs is 4. The number of rotatable bonds is 6. The van der Waals surface area contributed by atoms with Crippen LogP contribution in [0, 0.1) is 0 Å². The highest BCUT2D eigenvalue weighted by Gasteiger charge is 2.24. The number of aromatic nitrogens is 1. The predicted molar refractivity (Wildman–Crippen MR) is 204 cm³/mol. The Kier molecular flexibility index (Phi) is 6.84. The van der Waals surface area contributed by atoms with Gasteiger partial charge in [-0.05, 0) is 46.3 Å². The van der Waals surface area contributed by atoms with Gasteiger partial charge in [0.1, 0.15) is 0 Å². The summed E-state index contributed by atoms with van der Waals surface area (Å²) in [5.41, 5.74) is 12.7. The lowest BCUT2D eigenvalue weighted by molar-refractivity contribution is 1.30. The molecule has 1 N–H and O–H groups in total. The second-order valence-corrected chi connectivity index (χ2v) is 12.2. The predicted octanol–water partition coefficient (Wildman–Crippen LogP) is 12.9.